The van der Waals surface area contributed by atoms with Gasteiger partial charge in [-0.2, -0.15) is 0 Å². The summed E-state index contributed by atoms with van der Waals surface area (Å²) < 4.78 is 5.19. The van der Waals surface area contributed by atoms with Crippen molar-refractivity contribution in [2.24, 2.45) is 5.92 Å². The van der Waals surface area contributed by atoms with Crippen LogP contribution in [0.3, 0.4) is 0 Å². The smallest absolute Gasteiger partial charge is 0.216 e. The molecule has 0 saturated carbocycles. The van der Waals surface area contributed by atoms with Gasteiger partial charge in [-0.1, -0.05) is 23.8 Å². The molecule has 1 saturated heterocycles. The second-order valence-electron chi connectivity index (χ2n) is 6.44. The number of ether oxygens (including phenoxy) is 1. The van der Waals surface area contributed by atoms with Crippen molar-refractivity contribution >= 4 is 12.0 Å². The van der Waals surface area contributed by atoms with E-state index in [1.165, 1.54) is 24.0 Å². The molecule has 1 aliphatic heterocycles. The Kier molecular flexibility index (Phi) is 6.66. The number of piperidine rings is 1. The number of hydrogen-bond acceptors (Lipinski definition) is 3. The monoisotopic (exact) mass is 316 g/mol. The number of benzene rings is 1. The minimum atomic E-state index is 0.0673. The van der Waals surface area contributed by atoms with Crippen LogP contribution in [0, 0.1) is 5.92 Å². The molecule has 0 aliphatic carbocycles. The molecule has 1 aliphatic rings. The van der Waals surface area contributed by atoms with E-state index in [1.54, 1.807) is 14.0 Å². The van der Waals surface area contributed by atoms with Gasteiger partial charge in [0.05, 0.1) is 7.11 Å². The third-order valence-corrected chi connectivity index (χ3v) is 4.24. The van der Waals surface area contributed by atoms with Crippen LogP contribution >= 0.6 is 0 Å². The Hall–Kier alpha value is -1.81. The molecule has 0 aromatic heterocycles. The molecule has 126 valence electrons. The van der Waals surface area contributed by atoms with Gasteiger partial charge in [0.15, 0.2) is 0 Å². The number of amides is 1. The van der Waals surface area contributed by atoms with Crippen molar-refractivity contribution < 1.29 is 9.53 Å². The number of likely N-dealkylation sites (tertiary alicyclic amines) is 1. The molecule has 1 unspecified atom stereocenters. The summed E-state index contributed by atoms with van der Waals surface area (Å²) in [5, 5.41) is 2.95. The SMILES string of the molecule is COc1ccc(/C=C(\C)CN2CCCC(CNC(C)=O)C2)cc1. The first-order valence-corrected chi connectivity index (χ1v) is 8.35. The summed E-state index contributed by atoms with van der Waals surface area (Å²) in [5.41, 5.74) is 2.56. The van der Waals surface area contributed by atoms with E-state index in [1.807, 2.05) is 12.1 Å². The Morgan fingerprint density at radius 2 is 2.09 bits per heavy atom. The predicted molar refractivity (Wildman–Crippen MR) is 94.5 cm³/mol. The van der Waals surface area contributed by atoms with E-state index in [0.29, 0.717) is 5.92 Å². The van der Waals surface area contributed by atoms with Crippen LogP contribution in [0.4, 0.5) is 0 Å². The number of hydrogen-bond donors (Lipinski definition) is 1. The fourth-order valence-electron chi connectivity index (χ4n) is 3.13. The largest absolute Gasteiger partial charge is 0.497 e. The summed E-state index contributed by atoms with van der Waals surface area (Å²) >= 11 is 0. The molecule has 1 amide bonds. The van der Waals surface area contributed by atoms with Crippen LogP contribution < -0.4 is 10.1 Å². The summed E-state index contributed by atoms with van der Waals surface area (Å²) in [5.74, 6) is 1.52. The summed E-state index contributed by atoms with van der Waals surface area (Å²) in [6.07, 6.45) is 4.65. The van der Waals surface area contributed by atoms with Crippen molar-refractivity contribution in [2.75, 3.05) is 33.3 Å². The van der Waals surface area contributed by atoms with Crippen molar-refractivity contribution in [2.45, 2.75) is 26.7 Å². The maximum absolute atomic E-state index is 11.1. The van der Waals surface area contributed by atoms with Crippen LogP contribution in [0.2, 0.25) is 0 Å². The lowest BCUT2D eigenvalue weighted by molar-refractivity contribution is -0.119. The number of nitrogens with zero attached hydrogens (tertiary/aromatic N) is 1. The van der Waals surface area contributed by atoms with Crippen molar-refractivity contribution in [1.82, 2.24) is 10.2 Å². The van der Waals surface area contributed by atoms with Crippen LogP contribution in [0.1, 0.15) is 32.3 Å². The first kappa shape index (κ1) is 17.5. The number of rotatable bonds is 6. The van der Waals surface area contributed by atoms with Gasteiger partial charge in [-0.05, 0) is 49.9 Å². The quantitative estimate of drug-likeness (QED) is 0.877. The van der Waals surface area contributed by atoms with E-state index in [2.05, 4.69) is 35.3 Å². The van der Waals surface area contributed by atoms with Crippen molar-refractivity contribution in [3.63, 3.8) is 0 Å². The lowest BCUT2D eigenvalue weighted by atomic mass is 9.97. The van der Waals surface area contributed by atoms with Gasteiger partial charge in [0.1, 0.15) is 5.75 Å². The summed E-state index contributed by atoms with van der Waals surface area (Å²) in [7, 11) is 1.68. The lowest BCUT2D eigenvalue weighted by Crippen LogP contribution is -2.41. The van der Waals surface area contributed by atoms with E-state index < -0.39 is 0 Å². The third-order valence-electron chi connectivity index (χ3n) is 4.24. The fraction of sp³-hybridized carbons (Fsp3) is 0.526. The Balaban J connectivity index is 1.86. The topological polar surface area (TPSA) is 41.6 Å². The first-order chi connectivity index (χ1) is 11.1. The molecule has 1 fully saturated rings. The zero-order valence-electron chi connectivity index (χ0n) is 14.5. The molecule has 0 spiro atoms. The summed E-state index contributed by atoms with van der Waals surface area (Å²) in [6.45, 7) is 7.76. The van der Waals surface area contributed by atoms with Crippen LogP contribution in [0.25, 0.3) is 6.08 Å². The molecule has 0 bridgehead atoms. The second kappa shape index (κ2) is 8.73. The molecular formula is C19H28N2O2. The van der Waals surface area contributed by atoms with Crippen LogP contribution in [-0.4, -0.2) is 44.1 Å². The maximum atomic E-state index is 11.1. The van der Waals surface area contributed by atoms with Gasteiger partial charge in [-0.25, -0.2) is 0 Å². The molecule has 4 nitrogen and oxygen atoms in total. The third kappa shape index (κ3) is 6.06. The number of carbonyl (C=O) groups excluding carboxylic acids is 1. The molecule has 4 heteroatoms. The highest BCUT2D eigenvalue weighted by Gasteiger charge is 2.19. The Labute approximate surface area is 139 Å². The average molecular weight is 316 g/mol. The standard InChI is InChI=1S/C19H28N2O2/c1-15(11-17-6-8-19(23-3)9-7-17)13-21-10-4-5-18(14-21)12-20-16(2)22/h6-9,11,18H,4-5,10,12-14H2,1-3H3,(H,20,22)/b15-11+. The molecular weight excluding hydrogens is 288 g/mol. The highest BCUT2D eigenvalue weighted by Crippen LogP contribution is 2.18. The maximum Gasteiger partial charge on any atom is 0.216 e. The fourth-order valence-corrected chi connectivity index (χ4v) is 3.13. The van der Waals surface area contributed by atoms with Gasteiger partial charge in [-0.3, -0.25) is 9.69 Å². The molecule has 1 heterocycles. The number of nitrogens with one attached hydrogen (secondary N) is 1. The van der Waals surface area contributed by atoms with Crippen LogP contribution in [0.5, 0.6) is 5.75 Å². The molecule has 1 atom stereocenters. The van der Waals surface area contributed by atoms with Crippen molar-refractivity contribution in [3.05, 3.63) is 35.4 Å². The molecule has 1 aromatic carbocycles. The van der Waals surface area contributed by atoms with Gasteiger partial charge < -0.3 is 10.1 Å². The zero-order chi connectivity index (χ0) is 16.7. The Morgan fingerprint density at radius 1 is 1.35 bits per heavy atom. The van der Waals surface area contributed by atoms with E-state index in [-0.39, 0.29) is 5.91 Å². The van der Waals surface area contributed by atoms with E-state index in [4.69, 9.17) is 4.74 Å². The van der Waals surface area contributed by atoms with E-state index >= 15 is 0 Å². The number of methoxy groups -OCH3 is 1. The first-order valence-electron chi connectivity index (χ1n) is 8.35. The van der Waals surface area contributed by atoms with Crippen molar-refractivity contribution in [3.8, 4) is 5.75 Å². The minimum Gasteiger partial charge on any atom is -0.497 e. The molecule has 1 N–H and O–H groups in total. The molecule has 2 rings (SSSR count). The Bertz CT molecular complexity index is 537. The normalized spacial score (nSPS) is 19.4. The van der Waals surface area contributed by atoms with Gasteiger partial charge in [0, 0.05) is 26.6 Å². The summed E-state index contributed by atoms with van der Waals surface area (Å²) in [4.78, 5) is 13.5. The van der Waals surface area contributed by atoms with E-state index in [9.17, 15) is 4.79 Å². The predicted octanol–water partition coefficient (Wildman–Crippen LogP) is 2.95. The second-order valence-corrected chi connectivity index (χ2v) is 6.44. The molecule has 23 heavy (non-hydrogen) atoms. The molecule has 0 radical (unpaired) electrons. The average Bonchev–Trinajstić information content (AvgIpc) is 2.54. The van der Waals surface area contributed by atoms with Crippen molar-refractivity contribution in [1.29, 1.82) is 0 Å². The van der Waals surface area contributed by atoms with Gasteiger partial charge in [0.25, 0.3) is 0 Å². The van der Waals surface area contributed by atoms with Crippen LogP contribution in [0.15, 0.2) is 29.8 Å². The zero-order valence-corrected chi connectivity index (χ0v) is 14.5. The van der Waals surface area contributed by atoms with Gasteiger partial charge in [-0.15, -0.1) is 0 Å². The van der Waals surface area contributed by atoms with Gasteiger partial charge >= 0.3 is 0 Å². The lowest BCUT2D eigenvalue weighted by Gasteiger charge is -2.33. The number of carbonyl (C=O) groups is 1. The minimum absolute atomic E-state index is 0.0673. The molecule has 1 aromatic rings. The van der Waals surface area contributed by atoms with Crippen LogP contribution in [-0.2, 0) is 4.79 Å². The van der Waals surface area contributed by atoms with Gasteiger partial charge in [0.2, 0.25) is 5.91 Å². The highest BCUT2D eigenvalue weighted by molar-refractivity contribution is 5.72. The highest BCUT2D eigenvalue weighted by atomic mass is 16.5. The summed E-state index contributed by atoms with van der Waals surface area (Å²) in [6, 6.07) is 8.14. The Morgan fingerprint density at radius 3 is 2.74 bits per heavy atom. The van der Waals surface area contributed by atoms with E-state index in [0.717, 1.165) is 31.9 Å².